The SMILES string of the molecule is O=C(N[C@@H](c1ccsc1)c1cccs1)c1cc(-c2ccccc2)on1. The fourth-order valence-corrected chi connectivity index (χ4v) is 4.03. The maximum atomic E-state index is 12.7. The number of amides is 1. The molecule has 0 radical (unpaired) electrons. The maximum absolute atomic E-state index is 12.7. The van der Waals surface area contributed by atoms with Crippen LogP contribution in [0, 0.1) is 0 Å². The van der Waals surface area contributed by atoms with Gasteiger partial charge in [-0.05, 0) is 33.8 Å². The van der Waals surface area contributed by atoms with Crippen molar-refractivity contribution in [3.8, 4) is 11.3 Å². The number of nitrogens with one attached hydrogen (secondary N) is 1. The molecular formula is C19H14N2O2S2. The summed E-state index contributed by atoms with van der Waals surface area (Å²) in [5.74, 6) is 0.324. The van der Waals surface area contributed by atoms with Crippen molar-refractivity contribution in [2.75, 3.05) is 0 Å². The van der Waals surface area contributed by atoms with Crippen LogP contribution in [0.2, 0.25) is 0 Å². The highest BCUT2D eigenvalue weighted by Gasteiger charge is 2.21. The summed E-state index contributed by atoms with van der Waals surface area (Å²) in [4.78, 5) is 13.7. The zero-order chi connectivity index (χ0) is 17.1. The highest BCUT2D eigenvalue weighted by Crippen LogP contribution is 2.28. The Morgan fingerprint density at radius 2 is 1.96 bits per heavy atom. The number of carbonyl (C=O) groups is 1. The maximum Gasteiger partial charge on any atom is 0.274 e. The Bertz CT molecular complexity index is 910. The Morgan fingerprint density at radius 1 is 1.08 bits per heavy atom. The predicted octanol–water partition coefficient (Wildman–Crippen LogP) is 4.98. The molecule has 1 atom stereocenters. The second-order valence-corrected chi connectivity index (χ2v) is 7.18. The average molecular weight is 366 g/mol. The highest BCUT2D eigenvalue weighted by molar-refractivity contribution is 7.10. The molecule has 3 heterocycles. The molecule has 0 aliphatic rings. The largest absolute Gasteiger partial charge is 0.355 e. The lowest BCUT2D eigenvalue weighted by Gasteiger charge is -2.15. The van der Waals surface area contributed by atoms with E-state index in [4.69, 9.17) is 4.52 Å². The van der Waals surface area contributed by atoms with Gasteiger partial charge < -0.3 is 9.84 Å². The van der Waals surface area contributed by atoms with E-state index in [2.05, 4.69) is 10.5 Å². The Morgan fingerprint density at radius 3 is 2.68 bits per heavy atom. The van der Waals surface area contributed by atoms with E-state index < -0.39 is 0 Å². The Balaban J connectivity index is 1.57. The lowest BCUT2D eigenvalue weighted by atomic mass is 10.1. The molecule has 0 saturated carbocycles. The van der Waals surface area contributed by atoms with E-state index in [1.165, 1.54) is 0 Å². The molecule has 3 aromatic heterocycles. The van der Waals surface area contributed by atoms with Gasteiger partial charge in [-0.3, -0.25) is 4.79 Å². The van der Waals surface area contributed by atoms with Crippen molar-refractivity contribution in [3.63, 3.8) is 0 Å². The quantitative estimate of drug-likeness (QED) is 0.542. The molecule has 0 bridgehead atoms. The van der Waals surface area contributed by atoms with Gasteiger partial charge in [0.1, 0.15) is 0 Å². The number of aromatic nitrogens is 1. The van der Waals surface area contributed by atoms with E-state index in [9.17, 15) is 4.79 Å². The zero-order valence-electron chi connectivity index (χ0n) is 13.1. The third kappa shape index (κ3) is 3.40. The van der Waals surface area contributed by atoms with Crippen molar-refractivity contribution < 1.29 is 9.32 Å². The van der Waals surface area contributed by atoms with E-state index in [0.29, 0.717) is 5.76 Å². The Hall–Kier alpha value is -2.70. The fourth-order valence-electron chi connectivity index (χ4n) is 2.54. The Labute approximate surface area is 152 Å². The van der Waals surface area contributed by atoms with Gasteiger partial charge in [-0.2, -0.15) is 11.3 Å². The van der Waals surface area contributed by atoms with Gasteiger partial charge in [0.05, 0.1) is 6.04 Å². The monoisotopic (exact) mass is 366 g/mol. The summed E-state index contributed by atoms with van der Waals surface area (Å²) in [6.45, 7) is 0. The van der Waals surface area contributed by atoms with E-state index in [0.717, 1.165) is 16.0 Å². The third-order valence-corrected chi connectivity index (χ3v) is 5.42. The molecule has 0 unspecified atom stereocenters. The van der Waals surface area contributed by atoms with E-state index >= 15 is 0 Å². The summed E-state index contributed by atoms with van der Waals surface area (Å²) in [5.41, 5.74) is 2.23. The van der Waals surface area contributed by atoms with Crippen molar-refractivity contribution in [1.29, 1.82) is 0 Å². The topological polar surface area (TPSA) is 55.1 Å². The molecule has 1 amide bonds. The second kappa shape index (κ2) is 7.04. The smallest absolute Gasteiger partial charge is 0.274 e. The van der Waals surface area contributed by atoms with Crippen LogP contribution >= 0.6 is 22.7 Å². The average Bonchev–Trinajstić information content (AvgIpc) is 3.43. The first-order valence-electron chi connectivity index (χ1n) is 7.70. The van der Waals surface area contributed by atoms with Gasteiger partial charge in [-0.25, -0.2) is 0 Å². The summed E-state index contributed by atoms with van der Waals surface area (Å²) in [6.07, 6.45) is 0. The van der Waals surface area contributed by atoms with Gasteiger partial charge in [0, 0.05) is 16.5 Å². The van der Waals surface area contributed by atoms with Gasteiger partial charge in [0.15, 0.2) is 11.5 Å². The number of hydrogen-bond acceptors (Lipinski definition) is 5. The first-order chi connectivity index (χ1) is 12.3. The first kappa shape index (κ1) is 15.8. The molecule has 4 aromatic rings. The molecule has 25 heavy (non-hydrogen) atoms. The lowest BCUT2D eigenvalue weighted by Crippen LogP contribution is -2.28. The minimum Gasteiger partial charge on any atom is -0.355 e. The van der Waals surface area contributed by atoms with Crippen LogP contribution in [0.1, 0.15) is 27.0 Å². The fraction of sp³-hybridized carbons (Fsp3) is 0.0526. The molecule has 1 N–H and O–H groups in total. The number of thiophene rings is 2. The van der Waals surface area contributed by atoms with Crippen LogP contribution in [0.15, 0.2) is 75.3 Å². The van der Waals surface area contributed by atoms with E-state index in [1.807, 2.05) is 64.7 Å². The minimum atomic E-state index is -0.254. The van der Waals surface area contributed by atoms with Crippen LogP contribution < -0.4 is 5.32 Å². The van der Waals surface area contributed by atoms with Crippen LogP contribution in [0.5, 0.6) is 0 Å². The first-order valence-corrected chi connectivity index (χ1v) is 9.52. The summed E-state index contributed by atoms with van der Waals surface area (Å²) >= 11 is 3.22. The molecule has 0 saturated heterocycles. The van der Waals surface area contributed by atoms with Gasteiger partial charge in [-0.1, -0.05) is 41.6 Å². The van der Waals surface area contributed by atoms with E-state index in [1.54, 1.807) is 28.7 Å². The van der Waals surface area contributed by atoms with Crippen molar-refractivity contribution >= 4 is 28.6 Å². The van der Waals surface area contributed by atoms with Crippen molar-refractivity contribution in [3.05, 3.63) is 86.9 Å². The van der Waals surface area contributed by atoms with Gasteiger partial charge >= 0.3 is 0 Å². The van der Waals surface area contributed by atoms with Crippen LogP contribution in [0.3, 0.4) is 0 Å². The molecule has 6 heteroatoms. The van der Waals surface area contributed by atoms with Gasteiger partial charge in [-0.15, -0.1) is 11.3 Å². The Kier molecular flexibility index (Phi) is 4.45. The zero-order valence-corrected chi connectivity index (χ0v) is 14.7. The normalized spacial score (nSPS) is 12.0. The van der Waals surface area contributed by atoms with Crippen LogP contribution in [0.25, 0.3) is 11.3 Å². The van der Waals surface area contributed by atoms with Crippen molar-refractivity contribution in [2.24, 2.45) is 0 Å². The molecule has 0 aliphatic carbocycles. The standard InChI is InChI=1S/C19H14N2O2S2/c22-19(15-11-16(23-21-15)13-5-2-1-3-6-13)20-18(14-8-10-24-12-14)17-7-4-9-25-17/h1-12,18H,(H,20,22)/t18-/m0/s1. The van der Waals surface area contributed by atoms with E-state index in [-0.39, 0.29) is 17.6 Å². The number of hydrogen-bond donors (Lipinski definition) is 1. The lowest BCUT2D eigenvalue weighted by molar-refractivity contribution is 0.0934. The molecule has 4 rings (SSSR count). The summed E-state index contributed by atoms with van der Waals surface area (Å²) in [6, 6.07) is 17.1. The number of rotatable bonds is 5. The van der Waals surface area contributed by atoms with Crippen molar-refractivity contribution in [1.82, 2.24) is 10.5 Å². The van der Waals surface area contributed by atoms with Crippen molar-refractivity contribution in [2.45, 2.75) is 6.04 Å². The van der Waals surface area contributed by atoms with Gasteiger partial charge in [0.25, 0.3) is 5.91 Å². The summed E-state index contributed by atoms with van der Waals surface area (Å²) < 4.78 is 5.33. The highest BCUT2D eigenvalue weighted by atomic mass is 32.1. The molecule has 4 nitrogen and oxygen atoms in total. The molecule has 124 valence electrons. The number of nitrogens with zero attached hydrogens (tertiary/aromatic N) is 1. The molecule has 1 aromatic carbocycles. The molecule has 0 aliphatic heterocycles. The van der Waals surface area contributed by atoms with Crippen LogP contribution in [0.4, 0.5) is 0 Å². The summed E-state index contributed by atoms with van der Waals surface area (Å²) in [5, 5.41) is 13.0. The molecule has 0 fully saturated rings. The van der Waals surface area contributed by atoms with Crippen LogP contribution in [-0.2, 0) is 0 Å². The second-order valence-electron chi connectivity index (χ2n) is 5.42. The molecule has 0 spiro atoms. The number of carbonyl (C=O) groups excluding carboxylic acids is 1. The predicted molar refractivity (Wildman–Crippen MR) is 99.9 cm³/mol. The van der Waals surface area contributed by atoms with Gasteiger partial charge in [0.2, 0.25) is 0 Å². The minimum absolute atomic E-state index is 0.185. The third-order valence-electron chi connectivity index (χ3n) is 3.78. The number of benzene rings is 1. The van der Waals surface area contributed by atoms with Crippen LogP contribution in [-0.4, -0.2) is 11.1 Å². The molecular weight excluding hydrogens is 352 g/mol. The summed E-state index contributed by atoms with van der Waals surface area (Å²) in [7, 11) is 0.